The molecule has 0 atom stereocenters. The number of hydrogen-bond acceptors (Lipinski definition) is 5. The third kappa shape index (κ3) is 5.01. The van der Waals surface area contributed by atoms with Gasteiger partial charge in [0.15, 0.2) is 4.77 Å². The lowest BCUT2D eigenvalue weighted by Crippen LogP contribution is -2.25. The molecular weight excluding hydrogens is 436 g/mol. The van der Waals surface area contributed by atoms with Crippen molar-refractivity contribution in [3.05, 3.63) is 97.1 Å². The molecular formula is C25H24N4O3S. The lowest BCUT2D eigenvalue weighted by Gasteiger charge is -2.12. The Bertz CT molecular complexity index is 1470. The summed E-state index contributed by atoms with van der Waals surface area (Å²) in [6.07, 6.45) is 2.78. The minimum Gasteiger partial charge on any atom is -0.494 e. The minimum absolute atomic E-state index is 0.0974. The highest BCUT2D eigenvalue weighted by molar-refractivity contribution is 7.71. The normalized spacial score (nSPS) is 13.6. The molecule has 33 heavy (non-hydrogen) atoms. The monoisotopic (exact) mass is 460 g/mol. The number of nitrogens with one attached hydrogen (secondary N) is 2. The van der Waals surface area contributed by atoms with Gasteiger partial charge in [-0.25, -0.2) is 4.99 Å². The molecule has 4 rings (SSSR count). The maximum Gasteiger partial charge on any atom is 0.262 e. The van der Waals surface area contributed by atoms with Gasteiger partial charge < -0.3 is 10.4 Å². The van der Waals surface area contributed by atoms with Crippen molar-refractivity contribution >= 4 is 29.8 Å². The molecule has 0 fully saturated rings. The number of para-hydroxylation sites is 1. The highest BCUT2D eigenvalue weighted by Gasteiger charge is 2.17. The fourth-order valence-electron chi connectivity index (χ4n) is 3.84. The SMILES string of the molecule is CC(=O)NCCC1=c2ccccc2=NC1=Cc1c(O)n(CCc2ccccc2)c(=S)[nH]c1=O. The number of nitrogens with zero attached hydrogens (tertiary/aromatic N) is 2. The van der Waals surface area contributed by atoms with E-state index in [0.29, 0.717) is 31.6 Å². The van der Waals surface area contributed by atoms with Crippen LogP contribution in [-0.2, 0) is 17.8 Å². The zero-order chi connectivity index (χ0) is 23.4. The van der Waals surface area contributed by atoms with Crippen LogP contribution in [0.2, 0.25) is 0 Å². The summed E-state index contributed by atoms with van der Waals surface area (Å²) >= 11 is 5.30. The molecule has 8 heteroatoms. The molecule has 3 N–H and O–H groups in total. The summed E-state index contributed by atoms with van der Waals surface area (Å²) in [5.41, 5.74) is 2.19. The number of benzene rings is 2. The second-order valence-corrected chi connectivity index (χ2v) is 8.14. The van der Waals surface area contributed by atoms with E-state index in [1.807, 2.05) is 54.6 Å². The van der Waals surface area contributed by atoms with E-state index in [-0.39, 0.29) is 22.1 Å². The number of carbonyl (C=O) groups is 1. The van der Waals surface area contributed by atoms with Crippen molar-refractivity contribution in [2.75, 3.05) is 6.54 Å². The number of aromatic amines is 1. The number of aryl methyl sites for hydroxylation is 1. The molecule has 1 aromatic heterocycles. The quantitative estimate of drug-likeness (QED) is 0.471. The first kappa shape index (κ1) is 22.4. The minimum atomic E-state index is -0.478. The van der Waals surface area contributed by atoms with E-state index in [2.05, 4.69) is 15.3 Å². The van der Waals surface area contributed by atoms with E-state index in [9.17, 15) is 14.7 Å². The van der Waals surface area contributed by atoms with Crippen molar-refractivity contribution in [2.45, 2.75) is 26.3 Å². The largest absolute Gasteiger partial charge is 0.494 e. The summed E-state index contributed by atoms with van der Waals surface area (Å²) in [7, 11) is 0. The number of aromatic hydroxyl groups is 1. The molecule has 0 saturated carbocycles. The van der Waals surface area contributed by atoms with Crippen LogP contribution in [0.3, 0.4) is 0 Å². The highest BCUT2D eigenvalue weighted by atomic mass is 32.1. The Balaban J connectivity index is 1.73. The number of aromatic nitrogens is 2. The van der Waals surface area contributed by atoms with Crippen LogP contribution in [0.5, 0.6) is 5.88 Å². The van der Waals surface area contributed by atoms with Crippen LogP contribution in [0, 0.1) is 4.77 Å². The topological polar surface area (TPSA) is 99.5 Å². The van der Waals surface area contributed by atoms with Crippen LogP contribution in [0.25, 0.3) is 11.6 Å². The van der Waals surface area contributed by atoms with Gasteiger partial charge in [-0.1, -0.05) is 48.5 Å². The van der Waals surface area contributed by atoms with Crippen molar-refractivity contribution < 1.29 is 9.90 Å². The molecule has 3 aromatic rings. The van der Waals surface area contributed by atoms with E-state index < -0.39 is 5.56 Å². The summed E-state index contributed by atoms with van der Waals surface area (Å²) in [5, 5.41) is 15.5. The average Bonchev–Trinajstić information content (AvgIpc) is 3.14. The van der Waals surface area contributed by atoms with Crippen LogP contribution in [0.1, 0.15) is 24.5 Å². The molecule has 1 aliphatic heterocycles. The lowest BCUT2D eigenvalue weighted by molar-refractivity contribution is -0.118. The van der Waals surface area contributed by atoms with Gasteiger partial charge >= 0.3 is 0 Å². The van der Waals surface area contributed by atoms with Gasteiger partial charge in [-0.05, 0) is 48.3 Å². The van der Waals surface area contributed by atoms with Crippen molar-refractivity contribution in [3.63, 3.8) is 0 Å². The second kappa shape index (κ2) is 9.79. The van der Waals surface area contributed by atoms with E-state index >= 15 is 0 Å². The van der Waals surface area contributed by atoms with E-state index in [0.717, 1.165) is 21.7 Å². The van der Waals surface area contributed by atoms with Gasteiger partial charge in [0.1, 0.15) is 5.56 Å². The molecule has 1 aliphatic rings. The van der Waals surface area contributed by atoms with Crippen LogP contribution < -0.4 is 21.5 Å². The van der Waals surface area contributed by atoms with Crippen molar-refractivity contribution in [3.8, 4) is 5.88 Å². The molecule has 0 radical (unpaired) electrons. The van der Waals surface area contributed by atoms with E-state index in [4.69, 9.17) is 12.2 Å². The van der Waals surface area contributed by atoms with Gasteiger partial charge in [0, 0.05) is 25.2 Å². The molecule has 7 nitrogen and oxygen atoms in total. The zero-order valence-electron chi connectivity index (χ0n) is 18.2. The van der Waals surface area contributed by atoms with Crippen LogP contribution in [0.4, 0.5) is 0 Å². The van der Waals surface area contributed by atoms with E-state index in [1.54, 1.807) is 6.08 Å². The predicted molar refractivity (Wildman–Crippen MR) is 130 cm³/mol. The van der Waals surface area contributed by atoms with Crippen molar-refractivity contribution in [1.82, 2.24) is 14.9 Å². The molecule has 0 aliphatic carbocycles. The van der Waals surface area contributed by atoms with Gasteiger partial charge in [-0.3, -0.25) is 19.1 Å². The molecule has 2 aromatic carbocycles. The number of rotatable bonds is 7. The Morgan fingerprint density at radius 3 is 2.64 bits per heavy atom. The predicted octanol–water partition coefficient (Wildman–Crippen LogP) is 2.21. The number of amides is 1. The Morgan fingerprint density at radius 1 is 1.15 bits per heavy atom. The van der Waals surface area contributed by atoms with Gasteiger partial charge in [-0.15, -0.1) is 0 Å². The molecule has 2 heterocycles. The maximum absolute atomic E-state index is 12.7. The van der Waals surface area contributed by atoms with E-state index in [1.165, 1.54) is 11.5 Å². The zero-order valence-corrected chi connectivity index (χ0v) is 19.0. The number of carbonyl (C=O) groups excluding carboxylic acids is 1. The number of allylic oxidation sites excluding steroid dienone is 1. The Morgan fingerprint density at radius 2 is 1.88 bits per heavy atom. The van der Waals surface area contributed by atoms with Crippen molar-refractivity contribution in [1.29, 1.82) is 0 Å². The van der Waals surface area contributed by atoms with Gasteiger partial charge in [0.25, 0.3) is 5.56 Å². The first-order chi connectivity index (χ1) is 15.9. The summed E-state index contributed by atoms with van der Waals surface area (Å²) in [6.45, 7) is 2.32. The average molecular weight is 461 g/mol. The maximum atomic E-state index is 12.7. The third-order valence-corrected chi connectivity index (χ3v) is 5.81. The summed E-state index contributed by atoms with van der Waals surface area (Å²) < 4.78 is 1.69. The fraction of sp³-hybridized carbons (Fsp3) is 0.200. The standard InChI is InChI=1S/C25H24N4O3S/c1-16(30)26-13-11-19-18-9-5-6-10-21(18)27-22(19)15-20-23(31)28-25(33)29(24(20)32)14-12-17-7-3-2-4-8-17/h2-10,15,32H,11-14H2,1H3,(H,26,30)(H,28,31,33). The number of fused-ring (bicyclic) bond motifs is 1. The molecule has 1 amide bonds. The van der Waals surface area contributed by atoms with Crippen molar-refractivity contribution in [2.24, 2.45) is 4.99 Å². The first-order valence-corrected chi connectivity index (χ1v) is 11.1. The molecule has 0 unspecified atom stereocenters. The Labute approximate surface area is 195 Å². The molecule has 168 valence electrons. The highest BCUT2D eigenvalue weighted by Crippen LogP contribution is 2.24. The molecule has 0 spiro atoms. The Kier molecular flexibility index (Phi) is 6.65. The number of hydrogen-bond donors (Lipinski definition) is 3. The third-order valence-electron chi connectivity index (χ3n) is 5.48. The summed E-state index contributed by atoms with van der Waals surface area (Å²) in [6, 6.07) is 17.5. The number of H-pyrrole nitrogens is 1. The van der Waals surface area contributed by atoms with Gasteiger partial charge in [0.2, 0.25) is 11.8 Å². The molecule has 0 saturated heterocycles. The van der Waals surface area contributed by atoms with Crippen LogP contribution in [0.15, 0.2) is 70.1 Å². The summed E-state index contributed by atoms with van der Waals surface area (Å²) in [4.78, 5) is 31.3. The molecule has 0 bridgehead atoms. The Hall–Kier alpha value is -3.78. The van der Waals surface area contributed by atoms with Crippen LogP contribution in [-0.4, -0.2) is 27.1 Å². The first-order valence-electron chi connectivity index (χ1n) is 10.7. The summed E-state index contributed by atoms with van der Waals surface area (Å²) in [5.74, 6) is -0.307. The second-order valence-electron chi connectivity index (χ2n) is 7.75. The van der Waals surface area contributed by atoms with Crippen LogP contribution >= 0.6 is 12.2 Å². The van der Waals surface area contributed by atoms with Gasteiger partial charge in [-0.2, -0.15) is 0 Å². The van der Waals surface area contributed by atoms with Gasteiger partial charge in [0.05, 0.1) is 11.1 Å². The lowest BCUT2D eigenvalue weighted by atomic mass is 10.1. The smallest absolute Gasteiger partial charge is 0.262 e. The fourth-order valence-corrected chi connectivity index (χ4v) is 4.11.